The highest BCUT2D eigenvalue weighted by atomic mass is 19.1. The number of carbonyl (C=O) groups excluding carboxylic acids is 2. The van der Waals surface area contributed by atoms with Gasteiger partial charge in [0, 0.05) is 26.1 Å². The molecule has 2 atom stereocenters. The fourth-order valence-electron chi connectivity index (χ4n) is 3.81. The molecule has 130 valence electrons. The third-order valence-corrected chi connectivity index (χ3v) is 4.95. The third kappa shape index (κ3) is 3.60. The number of likely N-dealkylation sites (tertiary alicyclic amines) is 2. The van der Waals surface area contributed by atoms with Crippen LogP contribution in [0.5, 0.6) is 0 Å². The lowest BCUT2D eigenvalue weighted by atomic mass is 9.85. The zero-order valence-corrected chi connectivity index (χ0v) is 14.4. The Bertz CT molecular complexity index is 632. The van der Waals surface area contributed by atoms with Gasteiger partial charge >= 0.3 is 0 Å². The number of nitrogens with zero attached hydrogens (tertiary/aromatic N) is 2. The van der Waals surface area contributed by atoms with Crippen LogP contribution in [0.3, 0.4) is 0 Å². The monoisotopic (exact) mass is 332 g/mol. The summed E-state index contributed by atoms with van der Waals surface area (Å²) in [7, 11) is 0. The molecule has 1 aromatic rings. The Morgan fingerprint density at radius 3 is 2.88 bits per heavy atom. The topological polar surface area (TPSA) is 40.6 Å². The van der Waals surface area contributed by atoms with E-state index >= 15 is 0 Å². The van der Waals surface area contributed by atoms with Crippen LogP contribution in [0.4, 0.5) is 4.39 Å². The van der Waals surface area contributed by atoms with E-state index in [0.717, 1.165) is 18.4 Å². The molecule has 2 heterocycles. The number of hydrogen-bond donors (Lipinski definition) is 0. The second-order valence-corrected chi connectivity index (χ2v) is 7.44. The molecule has 2 saturated heterocycles. The normalized spacial score (nSPS) is 23.8. The van der Waals surface area contributed by atoms with Crippen molar-refractivity contribution in [3.05, 3.63) is 35.6 Å². The van der Waals surface area contributed by atoms with E-state index in [1.165, 1.54) is 12.1 Å². The van der Waals surface area contributed by atoms with Crippen molar-refractivity contribution < 1.29 is 14.0 Å². The first-order valence-electron chi connectivity index (χ1n) is 8.76. The Morgan fingerprint density at radius 2 is 2.17 bits per heavy atom. The molecule has 2 aliphatic rings. The van der Waals surface area contributed by atoms with Crippen molar-refractivity contribution in [3.8, 4) is 0 Å². The maximum absolute atomic E-state index is 13.4. The van der Waals surface area contributed by atoms with Crippen LogP contribution in [0.1, 0.15) is 38.7 Å². The van der Waals surface area contributed by atoms with E-state index in [1.807, 2.05) is 19.9 Å². The van der Waals surface area contributed by atoms with Crippen molar-refractivity contribution in [2.45, 2.75) is 45.7 Å². The van der Waals surface area contributed by atoms with Crippen molar-refractivity contribution in [2.24, 2.45) is 11.8 Å². The summed E-state index contributed by atoms with van der Waals surface area (Å²) < 4.78 is 13.4. The van der Waals surface area contributed by atoms with Crippen LogP contribution in [-0.4, -0.2) is 40.7 Å². The summed E-state index contributed by atoms with van der Waals surface area (Å²) >= 11 is 0. The van der Waals surface area contributed by atoms with Gasteiger partial charge in [0.15, 0.2) is 0 Å². The number of fused-ring (bicyclic) bond motifs is 2. The molecule has 4 nitrogen and oxygen atoms in total. The summed E-state index contributed by atoms with van der Waals surface area (Å²) in [5, 5.41) is 0. The Labute approximate surface area is 142 Å². The number of carbonyl (C=O) groups is 2. The number of halogens is 1. The molecule has 5 heteroatoms. The minimum atomic E-state index is -0.336. The minimum absolute atomic E-state index is 0.00678. The highest BCUT2D eigenvalue weighted by Gasteiger charge is 2.42. The largest absolute Gasteiger partial charge is 0.336 e. The zero-order valence-electron chi connectivity index (χ0n) is 14.4. The Hall–Kier alpha value is -1.91. The smallest absolute Gasteiger partial charge is 0.245 e. The van der Waals surface area contributed by atoms with Crippen molar-refractivity contribution in [3.63, 3.8) is 0 Å². The molecule has 0 unspecified atom stereocenters. The van der Waals surface area contributed by atoms with Gasteiger partial charge in [-0.2, -0.15) is 0 Å². The first-order valence-corrected chi connectivity index (χ1v) is 8.76. The summed E-state index contributed by atoms with van der Waals surface area (Å²) in [5.74, 6) is 0.522. The van der Waals surface area contributed by atoms with Gasteiger partial charge in [0.25, 0.3) is 0 Å². The minimum Gasteiger partial charge on any atom is -0.336 e. The second kappa shape index (κ2) is 6.91. The van der Waals surface area contributed by atoms with E-state index in [-0.39, 0.29) is 29.6 Å². The van der Waals surface area contributed by atoms with Gasteiger partial charge in [0.2, 0.25) is 11.8 Å². The van der Waals surface area contributed by atoms with Gasteiger partial charge in [0.1, 0.15) is 11.9 Å². The van der Waals surface area contributed by atoms with Gasteiger partial charge in [-0.25, -0.2) is 4.39 Å². The van der Waals surface area contributed by atoms with E-state index < -0.39 is 0 Å². The second-order valence-electron chi connectivity index (χ2n) is 7.44. The summed E-state index contributed by atoms with van der Waals surface area (Å²) in [6.45, 7) is 5.83. The lowest BCUT2D eigenvalue weighted by Crippen LogP contribution is -2.60. The van der Waals surface area contributed by atoms with E-state index in [9.17, 15) is 14.0 Å². The van der Waals surface area contributed by atoms with Gasteiger partial charge in [-0.1, -0.05) is 26.0 Å². The average molecular weight is 332 g/mol. The van der Waals surface area contributed by atoms with Crippen LogP contribution in [0.15, 0.2) is 24.3 Å². The molecule has 0 aliphatic carbocycles. The van der Waals surface area contributed by atoms with Crippen molar-refractivity contribution in [1.82, 2.24) is 9.80 Å². The highest BCUT2D eigenvalue weighted by Crippen LogP contribution is 2.31. The van der Waals surface area contributed by atoms with Crippen molar-refractivity contribution in [1.29, 1.82) is 0 Å². The van der Waals surface area contributed by atoms with E-state index in [4.69, 9.17) is 0 Å². The lowest BCUT2D eigenvalue weighted by Gasteiger charge is -2.46. The van der Waals surface area contributed by atoms with Gasteiger partial charge in [-0.3, -0.25) is 9.59 Å². The van der Waals surface area contributed by atoms with Crippen LogP contribution >= 0.6 is 0 Å². The van der Waals surface area contributed by atoms with Gasteiger partial charge in [-0.15, -0.1) is 0 Å². The van der Waals surface area contributed by atoms with E-state index in [1.54, 1.807) is 15.9 Å². The summed E-state index contributed by atoms with van der Waals surface area (Å²) in [5.41, 5.74) is 0.795. The molecule has 24 heavy (non-hydrogen) atoms. The molecule has 0 saturated carbocycles. The number of rotatable bonds is 4. The Balaban J connectivity index is 1.73. The predicted octanol–water partition coefficient (Wildman–Crippen LogP) is 2.82. The third-order valence-electron chi connectivity index (χ3n) is 4.95. The maximum Gasteiger partial charge on any atom is 0.245 e. The van der Waals surface area contributed by atoms with Gasteiger partial charge in [-0.05, 0) is 42.4 Å². The van der Waals surface area contributed by atoms with Gasteiger partial charge in [0.05, 0.1) is 0 Å². The zero-order chi connectivity index (χ0) is 17.3. The van der Waals surface area contributed by atoms with Crippen LogP contribution in [0.25, 0.3) is 0 Å². The van der Waals surface area contributed by atoms with E-state index in [2.05, 4.69) is 0 Å². The molecule has 2 fully saturated rings. The van der Waals surface area contributed by atoms with E-state index in [0.29, 0.717) is 32.0 Å². The summed E-state index contributed by atoms with van der Waals surface area (Å²) in [6, 6.07) is 6.04. The van der Waals surface area contributed by atoms with Crippen LogP contribution in [0.2, 0.25) is 0 Å². The summed E-state index contributed by atoms with van der Waals surface area (Å²) in [6.07, 6.45) is 2.19. The SMILES string of the molecule is CC(C)CC(=O)N1CC[C@H]2C[C@@H]1C(=O)N(Cc1cccc(F)c1)C2. The molecule has 3 rings (SSSR count). The van der Waals surface area contributed by atoms with Crippen LogP contribution in [0, 0.1) is 17.7 Å². The first-order chi connectivity index (χ1) is 11.4. The fourth-order valence-corrected chi connectivity index (χ4v) is 3.81. The number of piperidine rings is 2. The molecule has 0 spiro atoms. The van der Waals surface area contributed by atoms with Gasteiger partial charge < -0.3 is 9.80 Å². The number of hydrogen-bond acceptors (Lipinski definition) is 2. The fraction of sp³-hybridized carbons (Fsp3) is 0.579. The highest BCUT2D eigenvalue weighted by molar-refractivity contribution is 5.88. The Morgan fingerprint density at radius 1 is 1.38 bits per heavy atom. The molecular weight excluding hydrogens is 307 g/mol. The average Bonchev–Trinajstić information content (AvgIpc) is 2.52. The quantitative estimate of drug-likeness (QED) is 0.851. The molecule has 2 aliphatic heterocycles. The van der Waals surface area contributed by atoms with Crippen LogP contribution < -0.4 is 0 Å². The van der Waals surface area contributed by atoms with Crippen molar-refractivity contribution >= 4 is 11.8 Å². The molecule has 2 bridgehead atoms. The summed E-state index contributed by atoms with van der Waals surface area (Å²) in [4.78, 5) is 28.9. The molecule has 2 amide bonds. The van der Waals surface area contributed by atoms with Crippen LogP contribution in [-0.2, 0) is 16.1 Å². The maximum atomic E-state index is 13.4. The lowest BCUT2D eigenvalue weighted by molar-refractivity contribution is -0.155. The molecule has 0 radical (unpaired) electrons. The number of amides is 2. The predicted molar refractivity (Wildman–Crippen MR) is 89.5 cm³/mol. The Kier molecular flexibility index (Phi) is 4.88. The number of benzene rings is 1. The molecule has 1 aromatic carbocycles. The standard InChI is InChI=1S/C19H25FN2O2/c1-13(2)8-18(23)22-7-6-15-10-17(22)19(24)21(12-15)11-14-4-3-5-16(20)9-14/h3-5,9,13,15,17H,6-8,10-12H2,1-2H3/t15-,17+/m0/s1. The van der Waals surface area contributed by atoms with Crippen molar-refractivity contribution in [2.75, 3.05) is 13.1 Å². The molecular formula is C19H25FN2O2. The molecule has 0 N–H and O–H groups in total. The molecule has 0 aromatic heterocycles. The first kappa shape index (κ1) is 16.9.